The first-order valence-electron chi connectivity index (χ1n) is 8.57. The van der Waals surface area contributed by atoms with Crippen LogP contribution in [0.25, 0.3) is 22.9 Å². The molecule has 0 heterocycles. The summed E-state index contributed by atoms with van der Waals surface area (Å²) in [4.78, 5) is 11.4. The third-order valence-corrected chi connectivity index (χ3v) is 4.68. The van der Waals surface area contributed by atoms with Crippen molar-refractivity contribution in [3.63, 3.8) is 0 Å². The van der Waals surface area contributed by atoms with Gasteiger partial charge in [0.15, 0.2) is 5.78 Å². The summed E-state index contributed by atoms with van der Waals surface area (Å²) in [6.07, 6.45) is 8.34. The molecule has 3 heteroatoms. The van der Waals surface area contributed by atoms with Gasteiger partial charge < -0.3 is 0 Å². The van der Waals surface area contributed by atoms with Crippen LogP contribution in [0.5, 0.6) is 0 Å². The number of azo groups is 1. The number of hydrogen-bond acceptors (Lipinski definition) is 3. The first-order valence-corrected chi connectivity index (χ1v) is 8.57. The molecule has 0 bridgehead atoms. The molecule has 26 heavy (non-hydrogen) atoms. The first-order chi connectivity index (χ1) is 12.6. The minimum absolute atomic E-state index is 0.0465. The molecule has 0 fully saturated rings. The highest BCUT2D eigenvalue weighted by Gasteiger charge is 2.11. The Balaban J connectivity index is 1.78. The Hall–Kier alpha value is -3.33. The van der Waals surface area contributed by atoms with Gasteiger partial charge in [-0.2, -0.15) is 10.2 Å². The van der Waals surface area contributed by atoms with Crippen molar-refractivity contribution in [1.29, 1.82) is 0 Å². The monoisotopic (exact) mass is 338 g/mol. The topological polar surface area (TPSA) is 41.8 Å². The summed E-state index contributed by atoms with van der Waals surface area (Å²) in [6, 6.07) is 15.6. The highest BCUT2D eigenvalue weighted by atomic mass is 16.1. The van der Waals surface area contributed by atoms with Gasteiger partial charge in [0.05, 0.1) is 11.4 Å². The van der Waals surface area contributed by atoms with E-state index in [0.29, 0.717) is 5.56 Å². The predicted octanol–water partition coefficient (Wildman–Crippen LogP) is 6.81. The standard InChI is InChI=1S/C23H18N2O/c1-15-21-9-5-8-18-6-3-4-7-19(23(18)21)14-22(15)25-24-20-12-10-17(11-13-20)16(2)26/h3-14H,1-2H3. The quantitative estimate of drug-likeness (QED) is 0.382. The molecule has 0 saturated carbocycles. The molecule has 0 aliphatic heterocycles. The summed E-state index contributed by atoms with van der Waals surface area (Å²) in [7, 11) is 0. The van der Waals surface area contributed by atoms with Gasteiger partial charge in [0, 0.05) is 5.56 Å². The number of allylic oxidation sites excluding steroid dienone is 2. The molecule has 0 aromatic heterocycles. The smallest absolute Gasteiger partial charge is 0.159 e. The second-order valence-electron chi connectivity index (χ2n) is 6.40. The molecule has 3 aromatic carbocycles. The number of rotatable bonds is 3. The van der Waals surface area contributed by atoms with Crippen molar-refractivity contribution in [2.24, 2.45) is 10.2 Å². The summed E-state index contributed by atoms with van der Waals surface area (Å²) in [5, 5.41) is 11.3. The van der Waals surface area contributed by atoms with Crippen LogP contribution >= 0.6 is 0 Å². The molecule has 3 aromatic rings. The summed E-state index contributed by atoms with van der Waals surface area (Å²) < 4.78 is 0. The van der Waals surface area contributed by atoms with Gasteiger partial charge in [0.2, 0.25) is 0 Å². The first kappa shape index (κ1) is 16.2. The lowest BCUT2D eigenvalue weighted by molar-refractivity contribution is 0.101. The maximum Gasteiger partial charge on any atom is 0.159 e. The molecule has 4 rings (SSSR count). The van der Waals surface area contributed by atoms with Gasteiger partial charge in [-0.25, -0.2) is 0 Å². The second kappa shape index (κ2) is 6.52. The lowest BCUT2D eigenvalue weighted by Gasteiger charge is -2.11. The number of hydrogen-bond donors (Lipinski definition) is 0. The number of carbonyl (C=O) groups excluding carboxylic acids is 1. The molecule has 126 valence electrons. The van der Waals surface area contributed by atoms with Gasteiger partial charge in [-0.05, 0) is 71.6 Å². The Kier molecular flexibility index (Phi) is 4.05. The second-order valence-corrected chi connectivity index (χ2v) is 6.40. The minimum Gasteiger partial charge on any atom is -0.295 e. The summed E-state index contributed by atoms with van der Waals surface area (Å²) >= 11 is 0. The molecule has 0 radical (unpaired) electrons. The zero-order valence-corrected chi connectivity index (χ0v) is 14.7. The minimum atomic E-state index is 0.0465. The Bertz CT molecular complexity index is 1100. The highest BCUT2D eigenvalue weighted by molar-refractivity contribution is 6.02. The van der Waals surface area contributed by atoms with E-state index in [2.05, 4.69) is 59.6 Å². The average Bonchev–Trinajstić information content (AvgIpc) is 2.86. The predicted molar refractivity (Wildman–Crippen MR) is 107 cm³/mol. The maximum atomic E-state index is 11.4. The number of aryl methyl sites for hydroxylation is 1. The number of nitrogens with zero attached hydrogens (tertiary/aromatic N) is 2. The number of ketones is 1. The molecule has 1 aliphatic rings. The van der Waals surface area contributed by atoms with E-state index in [1.165, 1.54) is 16.3 Å². The summed E-state index contributed by atoms with van der Waals surface area (Å²) in [5.41, 5.74) is 5.73. The third kappa shape index (κ3) is 2.88. The van der Waals surface area contributed by atoms with E-state index < -0.39 is 0 Å². The Labute approximate surface area is 152 Å². The van der Waals surface area contributed by atoms with Crippen molar-refractivity contribution >= 4 is 40.1 Å². The zero-order chi connectivity index (χ0) is 18.1. The average molecular weight is 338 g/mol. The largest absolute Gasteiger partial charge is 0.295 e. The Morgan fingerprint density at radius 2 is 1.62 bits per heavy atom. The van der Waals surface area contributed by atoms with Crippen molar-refractivity contribution in [3.05, 3.63) is 82.9 Å². The molecule has 0 unspecified atom stereocenters. The van der Waals surface area contributed by atoms with E-state index in [1.807, 2.05) is 18.2 Å². The van der Waals surface area contributed by atoms with E-state index >= 15 is 0 Å². The van der Waals surface area contributed by atoms with Crippen LogP contribution in [0.3, 0.4) is 0 Å². The number of Topliss-reactive ketones (excluding diaryl/α,β-unsaturated/α-hetero) is 1. The molecule has 0 N–H and O–H groups in total. The molecule has 0 spiro atoms. The van der Waals surface area contributed by atoms with Gasteiger partial charge in [-0.1, -0.05) is 42.5 Å². The zero-order valence-electron chi connectivity index (χ0n) is 14.7. The Morgan fingerprint density at radius 3 is 2.35 bits per heavy atom. The lowest BCUT2D eigenvalue weighted by Crippen LogP contribution is -1.89. The van der Waals surface area contributed by atoms with Crippen LogP contribution in [-0.2, 0) is 0 Å². The molecule has 0 atom stereocenters. The van der Waals surface area contributed by atoms with Gasteiger partial charge in [0.25, 0.3) is 0 Å². The van der Waals surface area contributed by atoms with E-state index in [9.17, 15) is 4.79 Å². The van der Waals surface area contributed by atoms with Crippen LogP contribution in [0.4, 0.5) is 11.4 Å². The van der Waals surface area contributed by atoms with E-state index in [1.54, 1.807) is 19.1 Å². The normalized spacial score (nSPS) is 12.7. The number of carbonyl (C=O) groups is 1. The Morgan fingerprint density at radius 1 is 0.885 bits per heavy atom. The summed E-state index contributed by atoms with van der Waals surface area (Å²) in [5.74, 6) is 0.0465. The molecule has 3 nitrogen and oxygen atoms in total. The fraction of sp³-hybridized carbons (Fsp3) is 0.0870. The van der Waals surface area contributed by atoms with Gasteiger partial charge >= 0.3 is 0 Å². The highest BCUT2D eigenvalue weighted by Crippen LogP contribution is 2.36. The molecule has 1 aliphatic carbocycles. The van der Waals surface area contributed by atoms with Crippen LogP contribution < -0.4 is 0 Å². The fourth-order valence-corrected chi connectivity index (χ4v) is 3.24. The van der Waals surface area contributed by atoms with Gasteiger partial charge in [0.1, 0.15) is 0 Å². The van der Waals surface area contributed by atoms with E-state index in [0.717, 1.165) is 22.5 Å². The third-order valence-electron chi connectivity index (χ3n) is 4.68. The van der Waals surface area contributed by atoms with Crippen molar-refractivity contribution in [1.82, 2.24) is 0 Å². The molecule has 0 saturated heterocycles. The fourth-order valence-electron chi connectivity index (χ4n) is 3.24. The van der Waals surface area contributed by atoms with Crippen LogP contribution in [0.2, 0.25) is 0 Å². The molecular weight excluding hydrogens is 320 g/mol. The van der Waals surface area contributed by atoms with Crippen LogP contribution in [0, 0.1) is 6.92 Å². The van der Waals surface area contributed by atoms with E-state index in [-0.39, 0.29) is 5.78 Å². The van der Waals surface area contributed by atoms with E-state index in [4.69, 9.17) is 0 Å². The van der Waals surface area contributed by atoms with Crippen molar-refractivity contribution in [3.8, 4) is 0 Å². The lowest BCUT2D eigenvalue weighted by atomic mass is 9.95. The van der Waals surface area contributed by atoms with Crippen LogP contribution in [0.15, 0.2) is 70.9 Å². The van der Waals surface area contributed by atoms with Gasteiger partial charge in [-0.15, -0.1) is 0 Å². The maximum absolute atomic E-state index is 11.4. The number of benzene rings is 3. The van der Waals surface area contributed by atoms with Crippen LogP contribution in [0.1, 0.15) is 34.0 Å². The van der Waals surface area contributed by atoms with Crippen molar-refractivity contribution in [2.75, 3.05) is 0 Å². The molecule has 0 amide bonds. The SMILES string of the molecule is CC(=O)c1ccc(N=Nc2cc3c4c(cccc4c2C)C=CC=C3)cc1. The van der Waals surface area contributed by atoms with Crippen LogP contribution in [-0.4, -0.2) is 5.78 Å². The van der Waals surface area contributed by atoms with Gasteiger partial charge in [-0.3, -0.25) is 4.79 Å². The summed E-state index contributed by atoms with van der Waals surface area (Å²) in [6.45, 7) is 3.63. The van der Waals surface area contributed by atoms with Crippen molar-refractivity contribution in [2.45, 2.75) is 13.8 Å². The molecular formula is C23H18N2O. The van der Waals surface area contributed by atoms with Crippen molar-refractivity contribution < 1.29 is 4.79 Å².